The third-order valence-electron chi connectivity index (χ3n) is 2.04. The molecule has 0 fully saturated rings. The van der Waals surface area contributed by atoms with E-state index in [4.69, 9.17) is 4.74 Å². The minimum atomic E-state index is -2.89. The molecule has 1 aromatic heterocycles. The lowest BCUT2D eigenvalue weighted by atomic mass is 10.4. The van der Waals surface area contributed by atoms with E-state index in [2.05, 4.69) is 5.10 Å². The summed E-state index contributed by atoms with van der Waals surface area (Å²) in [5.41, 5.74) is 0. The van der Waals surface area contributed by atoms with Gasteiger partial charge in [0.05, 0.1) is 24.8 Å². The fourth-order valence-electron chi connectivity index (χ4n) is 1.19. The summed E-state index contributed by atoms with van der Waals surface area (Å²) >= 11 is 0. The Hall–Kier alpha value is -1.04. The molecule has 0 aliphatic carbocycles. The molecule has 1 heterocycles. The van der Waals surface area contributed by atoms with Gasteiger partial charge < -0.3 is 4.74 Å². The molecule has 0 aliphatic rings. The van der Waals surface area contributed by atoms with Gasteiger partial charge in [0.25, 0.3) is 0 Å². The molecule has 16 heavy (non-hydrogen) atoms. The van der Waals surface area contributed by atoms with Crippen molar-refractivity contribution in [2.24, 2.45) is 0 Å². The maximum atomic E-state index is 10.9. The van der Waals surface area contributed by atoms with Crippen molar-refractivity contribution < 1.29 is 13.2 Å². The number of hydrogen-bond acceptors (Lipinski definition) is 4. The Balaban J connectivity index is 2.32. The van der Waals surface area contributed by atoms with Crippen LogP contribution in [0.25, 0.3) is 0 Å². The largest absolute Gasteiger partial charge is 0.490 e. The number of rotatable bonds is 6. The first kappa shape index (κ1) is 13.0. The van der Waals surface area contributed by atoms with Gasteiger partial charge in [0.2, 0.25) is 0 Å². The Labute approximate surface area is 96.3 Å². The molecule has 5 nitrogen and oxygen atoms in total. The molecule has 0 aromatic carbocycles. The first-order valence-electron chi connectivity index (χ1n) is 5.23. The molecular weight excluding hydrogens is 228 g/mol. The second-order valence-electron chi connectivity index (χ2n) is 4.08. The van der Waals surface area contributed by atoms with Crippen LogP contribution in [0.5, 0.6) is 5.75 Å². The zero-order valence-electron chi connectivity index (χ0n) is 9.88. The van der Waals surface area contributed by atoms with E-state index in [9.17, 15) is 8.42 Å². The van der Waals surface area contributed by atoms with Crippen LogP contribution in [0, 0.1) is 0 Å². The van der Waals surface area contributed by atoms with Gasteiger partial charge in [-0.3, -0.25) is 4.68 Å². The Bertz CT molecular complexity index is 423. The van der Waals surface area contributed by atoms with Gasteiger partial charge >= 0.3 is 0 Å². The lowest BCUT2D eigenvalue weighted by molar-refractivity contribution is 0.317. The minimum absolute atomic E-state index is 0.158. The second-order valence-corrected chi connectivity index (χ2v) is 6.34. The smallest absolute Gasteiger partial charge is 0.157 e. The molecule has 1 rings (SSSR count). The molecule has 0 amide bonds. The average molecular weight is 246 g/mol. The standard InChI is InChI=1S/C10H18N2O3S/c1-9(2)12-8-10(7-11-12)15-5-4-6-16(3,13)14/h7-9H,4-6H2,1-3H3. The molecule has 1 aromatic rings. The van der Waals surface area contributed by atoms with E-state index in [0.29, 0.717) is 24.8 Å². The van der Waals surface area contributed by atoms with Crippen LogP contribution in [-0.4, -0.2) is 36.8 Å². The van der Waals surface area contributed by atoms with Crippen molar-refractivity contribution in [1.82, 2.24) is 9.78 Å². The summed E-state index contributed by atoms with van der Waals surface area (Å²) in [6, 6.07) is 0.299. The molecule has 0 unspecified atom stereocenters. The van der Waals surface area contributed by atoms with E-state index in [1.165, 1.54) is 6.26 Å². The maximum Gasteiger partial charge on any atom is 0.157 e. The van der Waals surface area contributed by atoms with Crippen LogP contribution >= 0.6 is 0 Å². The third kappa shape index (κ3) is 4.65. The van der Waals surface area contributed by atoms with E-state index in [1.807, 2.05) is 20.0 Å². The fraction of sp³-hybridized carbons (Fsp3) is 0.700. The van der Waals surface area contributed by atoms with Crippen LogP contribution in [0.4, 0.5) is 0 Å². The monoisotopic (exact) mass is 246 g/mol. The zero-order chi connectivity index (χ0) is 12.2. The Kier molecular flexibility index (Phi) is 4.35. The normalized spacial score (nSPS) is 12.0. The molecule has 0 saturated heterocycles. The summed E-state index contributed by atoms with van der Waals surface area (Å²) in [5, 5.41) is 4.12. The highest BCUT2D eigenvalue weighted by Crippen LogP contribution is 2.12. The predicted molar refractivity (Wildman–Crippen MR) is 62.4 cm³/mol. The van der Waals surface area contributed by atoms with Crippen LogP contribution < -0.4 is 4.74 Å². The topological polar surface area (TPSA) is 61.2 Å². The van der Waals surface area contributed by atoms with Crippen LogP contribution in [0.15, 0.2) is 12.4 Å². The number of hydrogen-bond donors (Lipinski definition) is 0. The third-order valence-corrected chi connectivity index (χ3v) is 3.07. The van der Waals surface area contributed by atoms with Gasteiger partial charge in [-0.15, -0.1) is 0 Å². The van der Waals surface area contributed by atoms with Crippen LogP contribution in [0.1, 0.15) is 26.3 Å². The van der Waals surface area contributed by atoms with Gasteiger partial charge in [-0.2, -0.15) is 5.10 Å². The first-order chi connectivity index (χ1) is 7.38. The first-order valence-corrected chi connectivity index (χ1v) is 7.29. The van der Waals surface area contributed by atoms with Crippen molar-refractivity contribution in [3.8, 4) is 5.75 Å². The summed E-state index contributed by atoms with van der Waals surface area (Å²) in [4.78, 5) is 0. The molecule has 0 aliphatic heterocycles. The Morgan fingerprint density at radius 1 is 1.50 bits per heavy atom. The summed E-state index contributed by atoms with van der Waals surface area (Å²) in [5.74, 6) is 0.841. The number of nitrogens with zero attached hydrogens (tertiary/aromatic N) is 2. The van der Waals surface area contributed by atoms with Gasteiger partial charge in [0.15, 0.2) is 5.75 Å². The van der Waals surface area contributed by atoms with E-state index in [1.54, 1.807) is 10.9 Å². The number of aromatic nitrogens is 2. The molecule has 0 radical (unpaired) electrons. The maximum absolute atomic E-state index is 10.9. The molecule has 0 bridgehead atoms. The van der Waals surface area contributed by atoms with E-state index >= 15 is 0 Å². The molecular formula is C10H18N2O3S. The van der Waals surface area contributed by atoms with Crippen molar-refractivity contribution >= 4 is 9.84 Å². The second kappa shape index (κ2) is 5.34. The van der Waals surface area contributed by atoms with E-state index < -0.39 is 9.84 Å². The van der Waals surface area contributed by atoms with Crippen LogP contribution in [0.2, 0.25) is 0 Å². The highest BCUT2D eigenvalue weighted by Gasteiger charge is 2.04. The summed E-state index contributed by atoms with van der Waals surface area (Å²) in [6.07, 6.45) is 5.18. The van der Waals surface area contributed by atoms with E-state index in [-0.39, 0.29) is 5.75 Å². The summed E-state index contributed by atoms with van der Waals surface area (Å²) in [7, 11) is -2.89. The molecule has 92 valence electrons. The molecule has 6 heteroatoms. The highest BCUT2D eigenvalue weighted by molar-refractivity contribution is 7.90. The van der Waals surface area contributed by atoms with Crippen LogP contribution in [-0.2, 0) is 9.84 Å². The van der Waals surface area contributed by atoms with Crippen molar-refractivity contribution in [2.45, 2.75) is 26.3 Å². The molecule has 0 atom stereocenters. The minimum Gasteiger partial charge on any atom is -0.490 e. The average Bonchev–Trinajstić information content (AvgIpc) is 2.59. The van der Waals surface area contributed by atoms with Crippen LogP contribution in [0.3, 0.4) is 0 Å². The Morgan fingerprint density at radius 3 is 2.69 bits per heavy atom. The van der Waals surface area contributed by atoms with Gasteiger partial charge in [0, 0.05) is 12.3 Å². The summed E-state index contributed by atoms with van der Waals surface area (Å²) in [6.45, 7) is 4.46. The van der Waals surface area contributed by atoms with Crippen molar-refractivity contribution in [3.05, 3.63) is 12.4 Å². The molecule has 0 N–H and O–H groups in total. The fourth-order valence-corrected chi connectivity index (χ4v) is 1.83. The molecule has 0 spiro atoms. The molecule has 0 saturated carbocycles. The lowest BCUT2D eigenvalue weighted by Crippen LogP contribution is -2.07. The highest BCUT2D eigenvalue weighted by atomic mass is 32.2. The Morgan fingerprint density at radius 2 is 2.19 bits per heavy atom. The van der Waals surface area contributed by atoms with Crippen molar-refractivity contribution in [1.29, 1.82) is 0 Å². The number of sulfone groups is 1. The van der Waals surface area contributed by atoms with Gasteiger partial charge in [-0.1, -0.05) is 0 Å². The zero-order valence-corrected chi connectivity index (χ0v) is 10.7. The number of ether oxygens (including phenoxy) is 1. The van der Waals surface area contributed by atoms with Gasteiger partial charge in [-0.25, -0.2) is 8.42 Å². The predicted octanol–water partition coefficient (Wildman–Crippen LogP) is 1.28. The van der Waals surface area contributed by atoms with E-state index in [0.717, 1.165) is 0 Å². The quantitative estimate of drug-likeness (QED) is 0.709. The summed E-state index contributed by atoms with van der Waals surface area (Å²) < 4.78 is 28.9. The lowest BCUT2D eigenvalue weighted by Gasteiger charge is -2.04. The van der Waals surface area contributed by atoms with Gasteiger partial charge in [-0.05, 0) is 20.3 Å². The van der Waals surface area contributed by atoms with Gasteiger partial charge in [0.1, 0.15) is 9.84 Å². The SMILES string of the molecule is CC(C)n1cc(OCCCS(C)(=O)=O)cn1. The van der Waals surface area contributed by atoms with Crippen molar-refractivity contribution in [2.75, 3.05) is 18.6 Å². The van der Waals surface area contributed by atoms with Crippen molar-refractivity contribution in [3.63, 3.8) is 0 Å².